The van der Waals surface area contributed by atoms with Crippen molar-refractivity contribution in [3.63, 3.8) is 0 Å². The molecule has 0 aliphatic heterocycles. The summed E-state index contributed by atoms with van der Waals surface area (Å²) >= 11 is 0. The fourth-order valence-electron chi connectivity index (χ4n) is 2.89. The smallest absolute Gasteiger partial charge is 0.141 e. The summed E-state index contributed by atoms with van der Waals surface area (Å²) < 4.78 is 0. The van der Waals surface area contributed by atoms with Crippen LogP contribution >= 0.6 is 0 Å². The second kappa shape index (κ2) is 8.09. The number of nitriles is 1. The summed E-state index contributed by atoms with van der Waals surface area (Å²) in [4.78, 5) is 4.73. The molecule has 0 radical (unpaired) electrons. The minimum atomic E-state index is 0.394. The molecule has 0 heterocycles. The highest BCUT2D eigenvalue weighted by Gasteiger charge is 2.08. The van der Waals surface area contributed by atoms with Gasteiger partial charge in [0.1, 0.15) is 11.8 Å². The molecule has 0 aliphatic carbocycles. The van der Waals surface area contributed by atoms with Crippen molar-refractivity contribution >= 4 is 11.8 Å². The lowest BCUT2D eigenvalue weighted by molar-refractivity contribution is 1.33. The summed E-state index contributed by atoms with van der Waals surface area (Å²) in [5.41, 5.74) is 6.48. The van der Waals surface area contributed by atoms with Crippen LogP contribution in [0.2, 0.25) is 0 Å². The fourth-order valence-corrected chi connectivity index (χ4v) is 2.89. The molecule has 0 aliphatic rings. The van der Waals surface area contributed by atoms with Gasteiger partial charge in [0.05, 0.1) is 5.71 Å². The number of nitrogens with zero attached hydrogens (tertiary/aromatic N) is 2. The highest BCUT2D eigenvalue weighted by Crippen LogP contribution is 2.19. The van der Waals surface area contributed by atoms with Crippen LogP contribution in [0, 0.1) is 25.2 Å². The molecule has 0 atom stereocenters. The lowest BCUT2D eigenvalue weighted by atomic mass is 10.0. The third kappa shape index (κ3) is 3.96. The van der Waals surface area contributed by atoms with Gasteiger partial charge < -0.3 is 0 Å². The number of aliphatic imine (C=N–C) groups is 1. The van der Waals surface area contributed by atoms with Crippen LogP contribution < -0.4 is 0 Å². The predicted octanol–water partition coefficient (Wildman–Crippen LogP) is 5.71. The van der Waals surface area contributed by atoms with Gasteiger partial charge in [0.2, 0.25) is 0 Å². The average Bonchev–Trinajstić information content (AvgIpc) is 2.68. The monoisotopic (exact) mass is 336 g/mol. The van der Waals surface area contributed by atoms with Crippen LogP contribution in [0.1, 0.15) is 27.8 Å². The van der Waals surface area contributed by atoms with E-state index in [1.807, 2.05) is 98.8 Å². The van der Waals surface area contributed by atoms with E-state index in [1.165, 1.54) is 0 Å². The Morgan fingerprint density at radius 2 is 1.27 bits per heavy atom. The Labute approximate surface area is 154 Å². The maximum absolute atomic E-state index is 9.69. The Morgan fingerprint density at radius 3 is 1.73 bits per heavy atom. The van der Waals surface area contributed by atoms with E-state index >= 15 is 0 Å². The molecular formula is C24H20N2. The van der Waals surface area contributed by atoms with Crippen LogP contribution in [0.25, 0.3) is 6.08 Å². The van der Waals surface area contributed by atoms with Gasteiger partial charge in [-0.1, -0.05) is 78.9 Å². The molecule has 0 amide bonds. The van der Waals surface area contributed by atoms with Crippen molar-refractivity contribution in [2.45, 2.75) is 13.8 Å². The molecule has 3 rings (SSSR count). The molecule has 3 aromatic rings. The Morgan fingerprint density at radius 1 is 0.769 bits per heavy atom. The normalized spacial score (nSPS) is 10.9. The zero-order chi connectivity index (χ0) is 18.4. The van der Waals surface area contributed by atoms with Crippen LogP contribution in [-0.2, 0) is 0 Å². The Hall–Kier alpha value is -3.44. The zero-order valence-corrected chi connectivity index (χ0v) is 15.0. The Bertz CT molecular complexity index is 930. The van der Waals surface area contributed by atoms with Gasteiger partial charge in [0, 0.05) is 11.1 Å². The molecular weight excluding hydrogens is 316 g/mol. The molecule has 0 saturated carbocycles. The van der Waals surface area contributed by atoms with E-state index in [0.717, 1.165) is 33.5 Å². The van der Waals surface area contributed by atoms with Crippen molar-refractivity contribution in [2.24, 2.45) is 4.99 Å². The minimum absolute atomic E-state index is 0.394. The maximum atomic E-state index is 9.69. The summed E-state index contributed by atoms with van der Waals surface area (Å²) in [5, 5.41) is 9.69. The number of benzene rings is 3. The Kier molecular flexibility index (Phi) is 5.41. The van der Waals surface area contributed by atoms with Crippen LogP contribution in [0.5, 0.6) is 0 Å². The molecule has 2 heteroatoms. The van der Waals surface area contributed by atoms with E-state index in [4.69, 9.17) is 4.99 Å². The first-order chi connectivity index (χ1) is 12.7. The molecule has 0 unspecified atom stereocenters. The van der Waals surface area contributed by atoms with Crippen molar-refractivity contribution in [2.75, 3.05) is 0 Å². The van der Waals surface area contributed by atoms with Gasteiger partial charge in [0.15, 0.2) is 0 Å². The molecule has 0 spiro atoms. The molecule has 0 aromatic heterocycles. The van der Waals surface area contributed by atoms with Gasteiger partial charge in [-0.15, -0.1) is 0 Å². The summed E-state index contributed by atoms with van der Waals surface area (Å²) in [6, 6.07) is 28.3. The third-order valence-corrected chi connectivity index (χ3v) is 4.26. The van der Waals surface area contributed by atoms with Gasteiger partial charge in [-0.25, -0.2) is 4.99 Å². The van der Waals surface area contributed by atoms with E-state index < -0.39 is 0 Å². The van der Waals surface area contributed by atoms with Crippen LogP contribution in [0.15, 0.2) is 89.6 Å². The first-order valence-corrected chi connectivity index (χ1v) is 8.56. The molecule has 0 saturated heterocycles. The predicted molar refractivity (Wildman–Crippen MR) is 108 cm³/mol. The number of rotatable bonds is 4. The fraction of sp³-hybridized carbons (Fsp3) is 0.0833. The van der Waals surface area contributed by atoms with Crippen LogP contribution in [0.4, 0.5) is 0 Å². The first kappa shape index (κ1) is 17.4. The number of aryl methyl sites for hydroxylation is 2. The third-order valence-electron chi connectivity index (χ3n) is 4.26. The summed E-state index contributed by atoms with van der Waals surface area (Å²) in [7, 11) is 0. The number of hydrogen-bond donors (Lipinski definition) is 0. The topological polar surface area (TPSA) is 36.1 Å². The summed E-state index contributed by atoms with van der Waals surface area (Å²) in [6.07, 6.45) is 1.87. The number of hydrogen-bond acceptors (Lipinski definition) is 2. The highest BCUT2D eigenvalue weighted by molar-refractivity contribution is 6.13. The van der Waals surface area contributed by atoms with Crippen molar-refractivity contribution in [3.05, 3.63) is 112 Å². The second-order valence-electron chi connectivity index (χ2n) is 6.14. The van der Waals surface area contributed by atoms with Gasteiger partial charge in [-0.2, -0.15) is 5.26 Å². The van der Waals surface area contributed by atoms with Gasteiger partial charge >= 0.3 is 0 Å². The average molecular weight is 336 g/mol. The second-order valence-corrected chi connectivity index (χ2v) is 6.14. The van der Waals surface area contributed by atoms with Crippen molar-refractivity contribution in [1.82, 2.24) is 0 Å². The molecule has 3 aromatic carbocycles. The van der Waals surface area contributed by atoms with E-state index in [0.29, 0.717) is 5.70 Å². The quantitative estimate of drug-likeness (QED) is 0.444. The number of allylic oxidation sites excluding steroid dienone is 1. The highest BCUT2D eigenvalue weighted by atomic mass is 14.8. The van der Waals surface area contributed by atoms with E-state index in [1.54, 1.807) is 0 Å². The first-order valence-electron chi connectivity index (χ1n) is 8.56. The molecule has 0 N–H and O–H groups in total. The minimum Gasteiger partial charge on any atom is -0.236 e. The largest absolute Gasteiger partial charge is 0.236 e. The van der Waals surface area contributed by atoms with E-state index in [2.05, 4.69) is 6.07 Å². The standard InChI is InChI=1S/C24H20N2/c1-18-10-9-11-19(2)23(18)16-22(17-25)26-24(20-12-5-3-6-13-20)21-14-7-4-8-15-21/h3-16H,1-2H3. The molecule has 0 fully saturated rings. The summed E-state index contributed by atoms with van der Waals surface area (Å²) in [6.45, 7) is 4.10. The van der Waals surface area contributed by atoms with E-state index in [-0.39, 0.29) is 0 Å². The molecule has 0 bridgehead atoms. The molecule has 2 nitrogen and oxygen atoms in total. The van der Waals surface area contributed by atoms with Crippen LogP contribution in [-0.4, -0.2) is 5.71 Å². The van der Waals surface area contributed by atoms with Crippen molar-refractivity contribution in [3.8, 4) is 6.07 Å². The lowest BCUT2D eigenvalue weighted by Gasteiger charge is -2.08. The Balaban J connectivity index is 2.15. The lowest BCUT2D eigenvalue weighted by Crippen LogP contribution is -2.03. The van der Waals surface area contributed by atoms with Crippen molar-refractivity contribution < 1.29 is 0 Å². The van der Waals surface area contributed by atoms with Gasteiger partial charge in [-0.05, 0) is 36.6 Å². The van der Waals surface area contributed by atoms with E-state index in [9.17, 15) is 5.26 Å². The SMILES string of the molecule is Cc1cccc(C)c1C=C(C#N)N=C(c1ccccc1)c1ccccc1. The zero-order valence-electron chi connectivity index (χ0n) is 15.0. The van der Waals surface area contributed by atoms with Crippen molar-refractivity contribution in [1.29, 1.82) is 5.26 Å². The molecule has 126 valence electrons. The van der Waals surface area contributed by atoms with Gasteiger partial charge in [-0.3, -0.25) is 0 Å². The van der Waals surface area contributed by atoms with Crippen LogP contribution in [0.3, 0.4) is 0 Å². The maximum Gasteiger partial charge on any atom is 0.141 e. The van der Waals surface area contributed by atoms with Gasteiger partial charge in [0.25, 0.3) is 0 Å². The summed E-state index contributed by atoms with van der Waals surface area (Å²) in [5.74, 6) is 0. The molecule has 26 heavy (non-hydrogen) atoms.